The summed E-state index contributed by atoms with van der Waals surface area (Å²) in [6.45, 7) is 3.36. The first kappa shape index (κ1) is 44.5. The molecular weight excluding hydrogens is 754 g/mol. The molecule has 1 amide bonds. The number of sulfonamides is 1. The molecule has 0 aromatic heterocycles. The first-order valence-electron chi connectivity index (χ1n) is 15.5. The molecule has 14 nitrogen and oxygen atoms in total. The van der Waals surface area contributed by atoms with Crippen LogP contribution in [0.2, 0.25) is 0 Å². The van der Waals surface area contributed by atoms with Crippen molar-refractivity contribution in [2.75, 3.05) is 18.4 Å². The lowest BCUT2D eigenvalue weighted by Crippen LogP contribution is -2.45. The van der Waals surface area contributed by atoms with E-state index in [1.54, 1.807) is 49.4 Å². The monoisotopic (exact) mass is 790 g/mol. The highest BCUT2D eigenvalue weighted by atomic mass is 32.2. The summed E-state index contributed by atoms with van der Waals surface area (Å²) in [7, 11) is -3.99. The van der Waals surface area contributed by atoms with Crippen molar-refractivity contribution in [3.63, 3.8) is 0 Å². The quantitative estimate of drug-likeness (QED) is 0.0856. The lowest BCUT2D eigenvalue weighted by Gasteiger charge is -2.32. The number of benzene rings is 3. The molecule has 1 fully saturated rings. The summed E-state index contributed by atoms with van der Waals surface area (Å²) in [6, 6.07) is 20.6. The predicted molar refractivity (Wildman–Crippen MR) is 183 cm³/mol. The van der Waals surface area contributed by atoms with Crippen LogP contribution >= 0.6 is 0 Å². The summed E-state index contributed by atoms with van der Waals surface area (Å²) in [6.07, 6.45) is -8.36. The zero-order valence-corrected chi connectivity index (χ0v) is 29.1. The third-order valence-corrected chi connectivity index (χ3v) is 8.66. The Morgan fingerprint density at radius 3 is 1.87 bits per heavy atom. The normalized spacial score (nSPS) is 13.9. The van der Waals surface area contributed by atoms with E-state index in [-0.39, 0.29) is 23.3 Å². The van der Waals surface area contributed by atoms with E-state index in [0.717, 1.165) is 31.5 Å². The summed E-state index contributed by atoms with van der Waals surface area (Å²) >= 11 is 0. The maximum atomic E-state index is 13.3. The van der Waals surface area contributed by atoms with Gasteiger partial charge >= 0.3 is 24.3 Å². The number of alkyl halides is 6. The van der Waals surface area contributed by atoms with Crippen molar-refractivity contribution >= 4 is 45.2 Å². The van der Waals surface area contributed by atoms with Gasteiger partial charge < -0.3 is 30.9 Å². The van der Waals surface area contributed by atoms with E-state index < -0.39 is 46.3 Å². The van der Waals surface area contributed by atoms with Crippen molar-refractivity contribution in [3.05, 3.63) is 90.0 Å². The van der Waals surface area contributed by atoms with Gasteiger partial charge in [0.1, 0.15) is 23.7 Å². The number of piperidine rings is 1. The van der Waals surface area contributed by atoms with E-state index in [9.17, 15) is 39.6 Å². The molecular formula is C33H36F6N6O8S. The molecule has 1 atom stereocenters. The third kappa shape index (κ3) is 15.1. The Morgan fingerprint density at radius 2 is 1.41 bits per heavy atom. The fourth-order valence-corrected chi connectivity index (χ4v) is 5.69. The second-order valence-corrected chi connectivity index (χ2v) is 13.0. The lowest BCUT2D eigenvalue weighted by atomic mass is 10.0. The van der Waals surface area contributed by atoms with Crippen molar-refractivity contribution < 1.29 is 64.1 Å². The molecule has 1 aliphatic heterocycles. The smallest absolute Gasteiger partial charge is 0.490 e. The number of likely N-dealkylation sites (tertiary alicyclic amines) is 1. The number of aliphatic carboxylic acids is 2. The molecule has 3 aromatic carbocycles. The number of carboxylic acids is 2. The zero-order chi connectivity index (χ0) is 40.9. The number of carbonyl (C=O) groups excluding carboxylic acids is 1. The Hall–Kier alpha value is -5.70. The number of nitrogen functional groups attached to an aromatic ring is 1. The van der Waals surface area contributed by atoms with Gasteiger partial charge in [0.05, 0.1) is 10.7 Å². The number of amidine groups is 2. The van der Waals surface area contributed by atoms with Gasteiger partial charge in [-0.15, -0.1) is 0 Å². The minimum absolute atomic E-state index is 0.0550. The Balaban J connectivity index is 0.000000610. The number of nitrogens with one attached hydrogen (secondary N) is 4. The molecule has 1 heterocycles. The second-order valence-electron chi connectivity index (χ2n) is 11.3. The largest absolute Gasteiger partial charge is 0.490 e. The predicted octanol–water partition coefficient (Wildman–Crippen LogP) is 4.61. The maximum absolute atomic E-state index is 13.3. The average Bonchev–Trinajstić information content (AvgIpc) is 3.09. The number of nitrogens with zero attached hydrogens (tertiary/aromatic N) is 1. The standard InChI is InChI=1S/C29H34N6O4S.2C2HF3O2/c1-20(30)35-16-14-25(15-17-35)39-24-12-10-21(11-13-24)18-27(34-40(37,38)26-8-3-2-4-9-26)29(36)33-23-7-5-6-22(19-23)28(31)32;2*3-2(4,5)1(6)7/h2-13,19,25,27,30,34H,14-18H2,1H3,(H3,31,32)(H,33,36);2*(H,6,7)/t27-;;/m0../s1. The molecule has 1 aliphatic rings. The number of nitrogens with two attached hydrogens (primary N) is 1. The van der Waals surface area contributed by atoms with Crippen molar-refractivity contribution in [3.8, 4) is 5.75 Å². The number of hydrogen-bond acceptors (Lipinski definition) is 8. The van der Waals surface area contributed by atoms with E-state index in [2.05, 4.69) is 10.0 Å². The number of rotatable bonds is 10. The molecule has 294 valence electrons. The van der Waals surface area contributed by atoms with Gasteiger partial charge in [0.15, 0.2) is 0 Å². The van der Waals surface area contributed by atoms with Crippen LogP contribution in [0.15, 0.2) is 83.8 Å². The summed E-state index contributed by atoms with van der Waals surface area (Å²) in [5, 5.41) is 32.4. The molecule has 0 spiro atoms. The van der Waals surface area contributed by atoms with Crippen molar-refractivity contribution in [1.82, 2.24) is 9.62 Å². The Kier molecular flexibility index (Phi) is 16.0. The van der Waals surface area contributed by atoms with E-state index in [4.69, 9.17) is 41.1 Å². The van der Waals surface area contributed by atoms with Crippen LogP contribution in [0.25, 0.3) is 0 Å². The fraction of sp³-hybridized carbons (Fsp3) is 0.303. The highest BCUT2D eigenvalue weighted by Gasteiger charge is 2.39. The van der Waals surface area contributed by atoms with Gasteiger partial charge in [0, 0.05) is 37.2 Å². The Labute approximate surface area is 305 Å². The maximum Gasteiger partial charge on any atom is 0.490 e. The van der Waals surface area contributed by atoms with Crippen molar-refractivity contribution in [2.45, 2.75) is 55.6 Å². The average molecular weight is 791 g/mol. The highest BCUT2D eigenvalue weighted by Crippen LogP contribution is 2.21. The van der Waals surface area contributed by atoms with Crippen LogP contribution < -0.4 is 20.5 Å². The number of carbonyl (C=O) groups is 3. The molecule has 54 heavy (non-hydrogen) atoms. The third-order valence-electron chi connectivity index (χ3n) is 7.18. The molecule has 0 radical (unpaired) electrons. The Morgan fingerprint density at radius 1 is 0.889 bits per heavy atom. The van der Waals surface area contributed by atoms with Crippen molar-refractivity contribution in [1.29, 1.82) is 10.8 Å². The van der Waals surface area contributed by atoms with Gasteiger partial charge in [-0.05, 0) is 55.3 Å². The Bertz CT molecular complexity index is 1850. The zero-order valence-electron chi connectivity index (χ0n) is 28.2. The van der Waals surface area contributed by atoms with Crippen LogP contribution in [0.4, 0.5) is 32.0 Å². The van der Waals surface area contributed by atoms with Crippen LogP contribution in [-0.2, 0) is 30.8 Å². The highest BCUT2D eigenvalue weighted by molar-refractivity contribution is 7.89. The number of hydrogen-bond donors (Lipinski definition) is 7. The van der Waals surface area contributed by atoms with E-state index >= 15 is 0 Å². The summed E-state index contributed by atoms with van der Waals surface area (Å²) in [4.78, 5) is 33.2. The molecule has 4 rings (SSSR count). The van der Waals surface area contributed by atoms with Crippen LogP contribution in [0.5, 0.6) is 5.75 Å². The van der Waals surface area contributed by atoms with Gasteiger partial charge in [-0.25, -0.2) is 18.0 Å². The van der Waals surface area contributed by atoms with Crippen LogP contribution in [0.3, 0.4) is 0 Å². The van der Waals surface area contributed by atoms with Crippen molar-refractivity contribution in [2.24, 2.45) is 5.73 Å². The van der Waals surface area contributed by atoms with Gasteiger partial charge in [0.2, 0.25) is 15.9 Å². The molecule has 21 heteroatoms. The number of carboxylic acid groups (broad SMARTS) is 2. The minimum Gasteiger partial charge on any atom is -0.490 e. The van der Waals surface area contributed by atoms with E-state index in [0.29, 0.717) is 22.8 Å². The van der Waals surface area contributed by atoms with Gasteiger partial charge in [0.25, 0.3) is 0 Å². The van der Waals surface area contributed by atoms with Crippen LogP contribution in [-0.4, -0.2) is 90.6 Å². The van der Waals surface area contributed by atoms with Crippen LogP contribution in [0.1, 0.15) is 30.9 Å². The minimum atomic E-state index is -5.08. The molecule has 8 N–H and O–H groups in total. The summed E-state index contributed by atoms with van der Waals surface area (Å²) < 4.78 is 98.3. The molecule has 0 bridgehead atoms. The van der Waals surface area contributed by atoms with Gasteiger partial charge in [-0.2, -0.15) is 31.1 Å². The number of anilines is 1. The molecule has 0 aliphatic carbocycles. The SMILES string of the molecule is CC(=N)N1CCC(Oc2ccc(C[C@H](NS(=O)(=O)c3ccccc3)C(=O)Nc3cccc(C(=N)N)c3)cc2)CC1.O=C(O)C(F)(F)F.O=C(O)C(F)(F)F. The molecule has 1 saturated heterocycles. The van der Waals surface area contributed by atoms with Gasteiger partial charge in [-0.1, -0.05) is 42.5 Å². The lowest BCUT2D eigenvalue weighted by molar-refractivity contribution is -0.193. The van der Waals surface area contributed by atoms with Crippen LogP contribution in [0, 0.1) is 10.8 Å². The van der Waals surface area contributed by atoms with E-state index in [1.165, 1.54) is 12.1 Å². The fourth-order valence-electron chi connectivity index (χ4n) is 4.48. The first-order valence-corrected chi connectivity index (χ1v) is 17.0. The molecule has 0 unspecified atom stereocenters. The topological polar surface area (TPSA) is 236 Å². The van der Waals surface area contributed by atoms with E-state index in [1.807, 2.05) is 29.2 Å². The molecule has 3 aromatic rings. The number of halogens is 6. The first-order chi connectivity index (χ1) is 25.0. The molecule has 0 saturated carbocycles. The second kappa shape index (κ2) is 19.4. The summed E-state index contributed by atoms with van der Waals surface area (Å²) in [5.41, 5.74) is 7.15. The number of amides is 1. The number of ether oxygens (including phenoxy) is 1. The summed E-state index contributed by atoms with van der Waals surface area (Å²) in [5.74, 6) is -4.94. The van der Waals surface area contributed by atoms with Gasteiger partial charge in [-0.3, -0.25) is 15.6 Å².